The molecule has 286 valence electrons. The number of aryl methyl sites for hydroxylation is 1. The van der Waals surface area contributed by atoms with Crippen LogP contribution in [0.4, 0.5) is 10.6 Å². The Labute approximate surface area is 329 Å². The maximum absolute atomic E-state index is 13.4. The highest BCUT2D eigenvalue weighted by Crippen LogP contribution is 2.37. The monoisotopic (exact) mass is 785 g/mol. The van der Waals surface area contributed by atoms with Gasteiger partial charge in [0.2, 0.25) is 8.32 Å². The molecule has 0 unspecified atom stereocenters. The minimum Gasteiger partial charge on any atom is -0.544 e. The van der Waals surface area contributed by atoms with Gasteiger partial charge in [-0.05, 0) is 78.3 Å². The average Bonchev–Trinajstić information content (AvgIpc) is 3.54. The summed E-state index contributed by atoms with van der Waals surface area (Å²) in [5.74, 6) is 1.68. The van der Waals surface area contributed by atoms with Crippen molar-refractivity contribution in [1.29, 1.82) is 0 Å². The zero-order chi connectivity index (χ0) is 39.4. The molecule has 0 radical (unpaired) electrons. The molecule has 2 amide bonds. The van der Waals surface area contributed by atoms with Crippen LogP contribution >= 0.6 is 23.4 Å². The van der Waals surface area contributed by atoms with Crippen molar-refractivity contribution in [3.8, 4) is 17.2 Å². The molecule has 0 aliphatic heterocycles. The predicted molar refractivity (Wildman–Crippen MR) is 224 cm³/mol. The maximum atomic E-state index is 13.4. The fraction of sp³-hybridized carbons (Fsp3) is 0.357. The van der Waals surface area contributed by atoms with Crippen molar-refractivity contribution in [2.24, 2.45) is 0 Å². The summed E-state index contributed by atoms with van der Waals surface area (Å²) in [7, 11) is -2.00. The van der Waals surface area contributed by atoms with Crippen LogP contribution < -0.4 is 25.4 Å². The number of halogens is 1. The first-order valence-corrected chi connectivity index (χ1v) is 22.6. The number of urea groups is 1. The second-order valence-corrected chi connectivity index (χ2v) is 21.9. The molecule has 0 saturated carbocycles. The summed E-state index contributed by atoms with van der Waals surface area (Å²) < 4.78 is 16.0. The summed E-state index contributed by atoms with van der Waals surface area (Å²) in [5, 5.41) is 11.0. The van der Waals surface area contributed by atoms with E-state index in [4.69, 9.17) is 25.9 Å². The lowest BCUT2D eigenvalue weighted by Crippen LogP contribution is -2.43. The molecule has 12 heteroatoms. The number of benzene rings is 3. The van der Waals surface area contributed by atoms with Gasteiger partial charge in [-0.1, -0.05) is 95.6 Å². The molecule has 0 spiro atoms. The van der Waals surface area contributed by atoms with Gasteiger partial charge in [0.1, 0.15) is 28.9 Å². The zero-order valence-corrected chi connectivity index (χ0v) is 35.5. The van der Waals surface area contributed by atoms with Gasteiger partial charge < -0.3 is 19.0 Å². The number of aromatic nitrogens is 3. The number of nitrogens with zero attached hydrogens (tertiary/aromatic N) is 3. The van der Waals surface area contributed by atoms with Crippen LogP contribution in [0.5, 0.6) is 11.5 Å². The van der Waals surface area contributed by atoms with Gasteiger partial charge in [0, 0.05) is 34.7 Å². The lowest BCUT2D eigenvalue weighted by Gasteiger charge is -2.36. The van der Waals surface area contributed by atoms with Crippen LogP contribution in [0.1, 0.15) is 69.6 Å². The molecule has 54 heavy (non-hydrogen) atoms. The third-order valence-electron chi connectivity index (χ3n) is 9.86. The molecule has 2 heterocycles. The Kier molecular flexibility index (Phi) is 12.4. The summed E-state index contributed by atoms with van der Waals surface area (Å²) in [6.45, 7) is 20.1. The minimum absolute atomic E-state index is 0.0289. The normalized spacial score (nSPS) is 12.1. The van der Waals surface area contributed by atoms with E-state index in [0.717, 1.165) is 44.4 Å². The highest BCUT2D eigenvalue weighted by molar-refractivity contribution is 7.98. The van der Waals surface area contributed by atoms with Crippen LogP contribution in [0.2, 0.25) is 23.2 Å². The van der Waals surface area contributed by atoms with Crippen LogP contribution in [0.15, 0.2) is 94.6 Å². The Balaban J connectivity index is 1.27. The first-order chi connectivity index (χ1) is 25.4. The first-order valence-electron chi connectivity index (χ1n) is 18.0. The topological polar surface area (TPSA) is 99.4 Å². The molecule has 9 nitrogen and oxygen atoms in total. The number of thioether (sulfide) groups is 1. The number of hydrogen-bond donors (Lipinski definition) is 2. The molecule has 5 rings (SSSR count). The second kappa shape index (κ2) is 16.5. The molecule has 0 saturated heterocycles. The van der Waals surface area contributed by atoms with E-state index in [1.807, 2.05) is 92.0 Å². The standard InChI is InChI=1S/C42H52ClN5O4SSi/c1-28-23-34(38(43)39(49)47(28)26-30-16-13-14-18-35(30)53-8)51-27-31-17-12-11-15-29(31)25-44-40(50)45-37-24-36(41(2,3)4)46-48(37)32-19-21-33(22-20-32)52-54(9,10)42(5,6)7/h11-24H,25-27H2,1-10H3,(H2,44,45,50). The van der Waals surface area contributed by atoms with Gasteiger partial charge in [0.25, 0.3) is 5.56 Å². The van der Waals surface area contributed by atoms with E-state index in [1.54, 1.807) is 27.1 Å². The molecule has 0 bridgehead atoms. The largest absolute Gasteiger partial charge is 0.544 e. The van der Waals surface area contributed by atoms with Gasteiger partial charge in [0.05, 0.1) is 17.9 Å². The van der Waals surface area contributed by atoms with Crippen molar-refractivity contribution in [2.45, 2.75) is 96.6 Å². The fourth-order valence-electron chi connectivity index (χ4n) is 5.52. The number of hydrogen-bond acceptors (Lipinski definition) is 6. The van der Waals surface area contributed by atoms with Crippen molar-refractivity contribution in [1.82, 2.24) is 19.7 Å². The van der Waals surface area contributed by atoms with Gasteiger partial charge in [-0.2, -0.15) is 5.10 Å². The van der Waals surface area contributed by atoms with Crippen LogP contribution in [0, 0.1) is 6.92 Å². The van der Waals surface area contributed by atoms with E-state index >= 15 is 0 Å². The van der Waals surface area contributed by atoms with Gasteiger partial charge in [-0.15, -0.1) is 11.8 Å². The van der Waals surface area contributed by atoms with E-state index in [-0.39, 0.29) is 40.2 Å². The van der Waals surface area contributed by atoms with Crippen LogP contribution in [0.3, 0.4) is 0 Å². The SMILES string of the molecule is CSc1ccccc1Cn1c(C)cc(OCc2ccccc2CNC(=O)Nc2cc(C(C)(C)C)nn2-c2ccc(O[Si](C)(C)C(C)(C)C)cc2)c(Cl)c1=O. The molecule has 0 aliphatic rings. The summed E-state index contributed by atoms with van der Waals surface area (Å²) in [4.78, 5) is 27.9. The van der Waals surface area contributed by atoms with Crippen LogP contribution in [-0.4, -0.2) is 35.0 Å². The lowest BCUT2D eigenvalue weighted by molar-refractivity contribution is 0.251. The van der Waals surface area contributed by atoms with E-state index in [0.29, 0.717) is 18.1 Å². The van der Waals surface area contributed by atoms with Crippen LogP contribution in [0.25, 0.3) is 5.69 Å². The number of ether oxygens (including phenoxy) is 1. The van der Waals surface area contributed by atoms with Crippen LogP contribution in [-0.2, 0) is 25.1 Å². The molecular weight excluding hydrogens is 734 g/mol. The highest BCUT2D eigenvalue weighted by atomic mass is 35.5. The smallest absolute Gasteiger partial charge is 0.320 e. The molecule has 0 aliphatic carbocycles. The third-order valence-corrected chi connectivity index (χ3v) is 15.4. The quantitative estimate of drug-likeness (QED) is 0.0965. The predicted octanol–water partition coefficient (Wildman–Crippen LogP) is 10.3. The Bertz CT molecular complexity index is 2170. The fourth-order valence-corrected chi connectivity index (χ4v) is 7.37. The molecular formula is C42H52ClN5O4SSi. The second-order valence-electron chi connectivity index (χ2n) is 16.0. The Morgan fingerprint density at radius 2 is 1.54 bits per heavy atom. The number of rotatable bonds is 12. The lowest BCUT2D eigenvalue weighted by atomic mass is 9.92. The zero-order valence-electron chi connectivity index (χ0n) is 33.0. The van der Waals surface area contributed by atoms with Crippen molar-refractivity contribution >= 4 is 43.5 Å². The molecule has 3 aromatic carbocycles. The number of amides is 2. The van der Waals surface area contributed by atoms with Crippen molar-refractivity contribution < 1.29 is 14.0 Å². The van der Waals surface area contributed by atoms with Gasteiger partial charge in [-0.3, -0.25) is 10.1 Å². The van der Waals surface area contributed by atoms with Crippen molar-refractivity contribution in [3.63, 3.8) is 0 Å². The summed E-state index contributed by atoms with van der Waals surface area (Å²) in [6, 6.07) is 26.9. The number of pyridine rings is 1. The van der Waals surface area contributed by atoms with E-state index in [2.05, 4.69) is 65.3 Å². The van der Waals surface area contributed by atoms with E-state index < -0.39 is 8.32 Å². The van der Waals surface area contributed by atoms with Crippen molar-refractivity contribution in [2.75, 3.05) is 11.6 Å². The maximum Gasteiger partial charge on any atom is 0.320 e. The summed E-state index contributed by atoms with van der Waals surface area (Å²) >= 11 is 8.23. The first kappa shape index (κ1) is 40.7. The van der Waals surface area contributed by atoms with E-state index in [1.165, 1.54) is 0 Å². The molecule has 0 atom stereocenters. The van der Waals surface area contributed by atoms with Gasteiger partial charge >= 0.3 is 6.03 Å². The molecule has 2 N–H and O–H groups in total. The number of carbonyl (C=O) groups excluding carboxylic acids is 1. The third kappa shape index (κ3) is 9.61. The average molecular weight is 787 g/mol. The summed E-state index contributed by atoms with van der Waals surface area (Å²) in [6.07, 6.45) is 2.02. The van der Waals surface area contributed by atoms with Gasteiger partial charge in [-0.25, -0.2) is 9.48 Å². The summed E-state index contributed by atoms with van der Waals surface area (Å²) in [5.41, 5.74) is 4.60. The van der Waals surface area contributed by atoms with Gasteiger partial charge in [0.15, 0.2) is 0 Å². The Hall–Kier alpha value is -4.45. The highest BCUT2D eigenvalue weighted by Gasteiger charge is 2.39. The Morgan fingerprint density at radius 1 is 0.907 bits per heavy atom. The number of nitrogens with one attached hydrogen (secondary N) is 2. The number of carbonyl (C=O) groups is 1. The Morgan fingerprint density at radius 3 is 2.17 bits per heavy atom. The number of anilines is 1. The molecule has 5 aromatic rings. The molecule has 0 fully saturated rings. The van der Waals surface area contributed by atoms with Crippen molar-refractivity contribution in [3.05, 3.63) is 128 Å². The minimum atomic E-state index is -2.00. The molecule has 2 aromatic heterocycles. The van der Waals surface area contributed by atoms with E-state index in [9.17, 15) is 9.59 Å².